The summed E-state index contributed by atoms with van der Waals surface area (Å²) in [6.07, 6.45) is 3.20. The molecule has 1 fully saturated rings. The monoisotopic (exact) mass is 552 g/mol. The Morgan fingerprint density at radius 2 is 2.00 bits per heavy atom. The lowest BCUT2D eigenvalue weighted by atomic mass is 10.1. The van der Waals surface area contributed by atoms with Crippen LogP contribution in [0.25, 0.3) is 12.2 Å². The number of hydrogen-bond donors (Lipinski definition) is 3. The molecule has 9 nitrogen and oxygen atoms in total. The van der Waals surface area contributed by atoms with Gasteiger partial charge in [0.25, 0.3) is 17.4 Å². The van der Waals surface area contributed by atoms with Gasteiger partial charge in [-0.05, 0) is 42.4 Å². The van der Waals surface area contributed by atoms with Crippen LogP contribution in [0.2, 0.25) is 0 Å². The molecule has 0 bridgehead atoms. The maximum atomic E-state index is 15.2. The lowest BCUT2D eigenvalue weighted by molar-refractivity contribution is -0.421. The van der Waals surface area contributed by atoms with E-state index < -0.39 is 11.6 Å². The summed E-state index contributed by atoms with van der Waals surface area (Å²) in [5.74, 6) is 1.29. The van der Waals surface area contributed by atoms with Crippen molar-refractivity contribution in [3.63, 3.8) is 0 Å². The van der Waals surface area contributed by atoms with E-state index in [-0.39, 0.29) is 5.69 Å². The quantitative estimate of drug-likeness (QED) is 0.164. The molecule has 0 saturated carbocycles. The number of aromatic nitrogens is 4. The van der Waals surface area contributed by atoms with E-state index in [1.807, 2.05) is 13.0 Å². The molecule has 0 unspecified atom stereocenters. The van der Waals surface area contributed by atoms with Gasteiger partial charge in [0.2, 0.25) is 0 Å². The Morgan fingerprint density at radius 3 is 2.72 bits per heavy atom. The summed E-state index contributed by atoms with van der Waals surface area (Å²) in [5, 5.41) is 10.8. The maximum Gasteiger partial charge on any atom is 0.303 e. The predicted octanol–water partition coefficient (Wildman–Crippen LogP) is 4.70. The van der Waals surface area contributed by atoms with Gasteiger partial charge < -0.3 is 20.5 Å². The smallest absolute Gasteiger partial charge is 0.303 e. The van der Waals surface area contributed by atoms with Crippen LogP contribution < -0.4 is 25.7 Å². The highest BCUT2D eigenvalue weighted by Gasteiger charge is 2.29. The van der Waals surface area contributed by atoms with E-state index >= 15 is 4.39 Å². The second kappa shape index (κ2) is 11.7. The minimum atomic E-state index is -0.506. The number of rotatable bonds is 8. The Labute approximate surface area is 228 Å². The van der Waals surface area contributed by atoms with Gasteiger partial charge in [0.05, 0.1) is 44.0 Å². The molecule has 39 heavy (non-hydrogen) atoms. The number of benzene rings is 2. The van der Waals surface area contributed by atoms with Crippen molar-refractivity contribution in [3.8, 4) is 5.75 Å². The van der Waals surface area contributed by atoms with Crippen LogP contribution >= 0.6 is 11.8 Å². The van der Waals surface area contributed by atoms with E-state index in [9.17, 15) is 4.39 Å². The minimum absolute atomic E-state index is 0.0612. The van der Waals surface area contributed by atoms with Crippen LogP contribution in [-0.4, -0.2) is 48.6 Å². The number of H-pyrrole nitrogens is 2. The van der Waals surface area contributed by atoms with Crippen molar-refractivity contribution >= 4 is 47.1 Å². The van der Waals surface area contributed by atoms with Crippen LogP contribution in [0.1, 0.15) is 16.8 Å². The molecular weight excluding hydrogens is 524 g/mol. The Kier molecular flexibility index (Phi) is 7.94. The zero-order chi connectivity index (χ0) is 27.4. The summed E-state index contributed by atoms with van der Waals surface area (Å²) in [4.78, 5) is 10.5. The number of hydrogen-bond acceptors (Lipinski definition) is 8. The van der Waals surface area contributed by atoms with Crippen LogP contribution in [0, 0.1) is 18.6 Å². The maximum absolute atomic E-state index is 15.2. The molecule has 2 aromatic heterocycles. The molecule has 12 heteroatoms. The van der Waals surface area contributed by atoms with Gasteiger partial charge in [0.15, 0.2) is 11.6 Å². The second-order valence-electron chi connectivity index (χ2n) is 8.81. The summed E-state index contributed by atoms with van der Waals surface area (Å²) < 4.78 is 40.6. The van der Waals surface area contributed by atoms with Gasteiger partial charge in [-0.2, -0.15) is 5.10 Å². The van der Waals surface area contributed by atoms with Gasteiger partial charge in [0, 0.05) is 17.3 Å². The number of nitrogens with one attached hydrogen (secondary N) is 3. The van der Waals surface area contributed by atoms with Crippen molar-refractivity contribution in [3.05, 3.63) is 70.9 Å². The van der Waals surface area contributed by atoms with Crippen LogP contribution in [0.5, 0.6) is 5.75 Å². The number of ether oxygens (including phenoxy) is 2. The van der Waals surface area contributed by atoms with Crippen molar-refractivity contribution in [1.82, 2.24) is 15.2 Å². The number of aromatic amines is 2. The van der Waals surface area contributed by atoms with Crippen LogP contribution in [0.3, 0.4) is 0 Å². The highest BCUT2D eigenvalue weighted by atomic mass is 32.2. The van der Waals surface area contributed by atoms with E-state index in [1.165, 1.54) is 12.1 Å². The molecule has 0 spiro atoms. The fraction of sp³-hybridized carbons (Fsp3) is 0.222. The normalized spacial score (nSPS) is 13.7. The number of aryl methyl sites for hydroxylation is 1. The molecule has 1 saturated heterocycles. The zero-order valence-corrected chi connectivity index (χ0v) is 22.2. The summed E-state index contributed by atoms with van der Waals surface area (Å²) in [7, 11) is 1.57. The van der Waals surface area contributed by atoms with Gasteiger partial charge >= 0.3 is 5.16 Å². The first-order valence-corrected chi connectivity index (χ1v) is 13.1. The topological polar surface area (TPSA) is 115 Å². The fourth-order valence-corrected chi connectivity index (χ4v) is 4.87. The number of nitrogen functional groups attached to an aromatic ring is 1. The summed E-state index contributed by atoms with van der Waals surface area (Å²) in [5.41, 5.74) is 7.48. The molecule has 3 heterocycles. The molecule has 4 aromatic rings. The lowest BCUT2D eigenvalue weighted by Gasteiger charge is -2.25. The standard InChI is InChI=1S/C27H27F2N7O2S/c1-16-14-22(35-34-16)31-25-24(37-2)26(36-10-12-38-13-11-36)33-27(32-25)39-21-9-7-17(15-19(21)28)6-8-18-4-3-5-20(30)23(18)29/h3-9,14-15H,10-13,30H2,1-2H3,(H2,31,32,33,34,35)/p+1/b8-6+. The van der Waals surface area contributed by atoms with Crippen molar-refractivity contribution in [2.75, 3.05) is 49.4 Å². The van der Waals surface area contributed by atoms with E-state index in [0.717, 1.165) is 17.5 Å². The number of methoxy groups -OCH3 is 1. The van der Waals surface area contributed by atoms with Gasteiger partial charge in [-0.3, -0.25) is 10.00 Å². The first-order chi connectivity index (χ1) is 18.9. The first kappa shape index (κ1) is 26.4. The van der Waals surface area contributed by atoms with E-state index in [4.69, 9.17) is 15.2 Å². The largest absolute Gasteiger partial charge is 0.487 e. The van der Waals surface area contributed by atoms with Crippen LogP contribution in [0.4, 0.5) is 31.9 Å². The minimum Gasteiger partial charge on any atom is -0.487 e. The van der Waals surface area contributed by atoms with Gasteiger partial charge in [0.1, 0.15) is 5.82 Å². The Balaban J connectivity index is 1.44. The van der Waals surface area contributed by atoms with E-state index in [0.29, 0.717) is 70.7 Å². The van der Waals surface area contributed by atoms with Crippen molar-refractivity contribution in [1.29, 1.82) is 0 Å². The zero-order valence-electron chi connectivity index (χ0n) is 21.4. The number of morpholine rings is 1. The SMILES string of the molecule is COc1c(Nc2cc(C)[nH]n2)nc(Sc2ccc(/C=C/c3cccc(N)c3F)cc2F)[nH+]c1N1CCOCC1. The molecule has 2 aromatic carbocycles. The number of nitrogens with zero attached hydrogens (tertiary/aromatic N) is 3. The van der Waals surface area contributed by atoms with E-state index in [1.54, 1.807) is 43.5 Å². The average molecular weight is 553 g/mol. The van der Waals surface area contributed by atoms with Gasteiger partial charge in [-0.1, -0.05) is 35.3 Å². The molecule has 1 aliphatic rings. The number of anilines is 4. The molecular formula is C27H28F2N7O2S+. The average Bonchev–Trinajstić information content (AvgIpc) is 3.35. The molecule has 0 amide bonds. The Hall–Kier alpha value is -4.16. The number of halogens is 2. The first-order valence-electron chi connectivity index (χ1n) is 12.2. The lowest BCUT2D eigenvalue weighted by Crippen LogP contribution is -2.40. The van der Waals surface area contributed by atoms with E-state index in [2.05, 4.69) is 30.4 Å². The molecule has 0 atom stereocenters. The van der Waals surface area contributed by atoms with Gasteiger partial charge in [-0.15, -0.1) is 0 Å². The Morgan fingerprint density at radius 1 is 1.18 bits per heavy atom. The highest BCUT2D eigenvalue weighted by molar-refractivity contribution is 7.99. The summed E-state index contributed by atoms with van der Waals surface area (Å²) in [6, 6.07) is 11.4. The third-order valence-electron chi connectivity index (χ3n) is 6.03. The second-order valence-corrected chi connectivity index (χ2v) is 9.84. The summed E-state index contributed by atoms with van der Waals surface area (Å²) >= 11 is 1.15. The third kappa shape index (κ3) is 6.13. The highest BCUT2D eigenvalue weighted by Crippen LogP contribution is 2.36. The van der Waals surface area contributed by atoms with Crippen LogP contribution in [-0.2, 0) is 4.74 Å². The molecule has 0 aliphatic carbocycles. The van der Waals surface area contributed by atoms with Crippen LogP contribution in [0.15, 0.2) is 52.5 Å². The number of nitrogens with two attached hydrogens (primary N) is 1. The third-order valence-corrected chi connectivity index (χ3v) is 6.97. The summed E-state index contributed by atoms with van der Waals surface area (Å²) in [6.45, 7) is 4.36. The van der Waals surface area contributed by atoms with Gasteiger partial charge in [-0.25, -0.2) is 13.8 Å². The van der Waals surface area contributed by atoms with Crippen molar-refractivity contribution in [2.24, 2.45) is 0 Å². The van der Waals surface area contributed by atoms with Crippen molar-refractivity contribution in [2.45, 2.75) is 17.0 Å². The fourth-order valence-electron chi connectivity index (χ4n) is 4.08. The molecule has 202 valence electrons. The van der Waals surface area contributed by atoms with Crippen molar-refractivity contribution < 1.29 is 23.2 Å². The molecule has 5 N–H and O–H groups in total. The predicted molar refractivity (Wildman–Crippen MR) is 147 cm³/mol. The molecule has 0 radical (unpaired) electrons. The Bertz CT molecular complexity index is 1510. The molecule has 1 aliphatic heterocycles. The molecule has 5 rings (SSSR count).